The molecule has 0 aromatic heterocycles. The van der Waals surface area contributed by atoms with Crippen LogP contribution in [0.3, 0.4) is 0 Å². The first-order chi connectivity index (χ1) is 22.3. The van der Waals surface area contributed by atoms with Gasteiger partial charge < -0.3 is 29.2 Å². The number of carbonyl (C=O) groups excluding carboxylic acids is 2. The number of benzene rings is 2. The first-order valence-corrected chi connectivity index (χ1v) is 16.6. The van der Waals surface area contributed by atoms with Gasteiger partial charge in [-0.15, -0.1) is 6.58 Å². The third kappa shape index (κ3) is 3.77. The maximum atomic E-state index is 15.3. The molecule has 8 rings (SSSR count). The molecule has 2 aromatic carbocycles. The van der Waals surface area contributed by atoms with Crippen LogP contribution in [-0.2, 0) is 30.1 Å². The molecular weight excluding hydrogens is 612 g/mol. The van der Waals surface area contributed by atoms with Crippen LogP contribution in [0.25, 0.3) is 11.1 Å². The van der Waals surface area contributed by atoms with Gasteiger partial charge in [-0.1, -0.05) is 49.8 Å². The van der Waals surface area contributed by atoms with Crippen LogP contribution in [0, 0.1) is 24.7 Å². The number of aryl methyl sites for hydroxylation is 1. The molecule has 3 saturated carbocycles. The van der Waals surface area contributed by atoms with Gasteiger partial charge in [0.05, 0.1) is 23.2 Å². The van der Waals surface area contributed by atoms with E-state index >= 15 is 4.79 Å². The number of carboxylic acid groups (broad SMARTS) is 1. The van der Waals surface area contributed by atoms with E-state index in [0.29, 0.717) is 23.3 Å². The standard InChI is InChI=1S/C39H44O9/c1-11-35(4,5)27-31-24(20-16-18(2)12-13-22(20)36(6,7)46-31)28(40)25-29(41)26-30(45-10)21-17-23-37(8,9)48-38(33(21)42,15-14-19(3)34(43)44)39(23,26)47-32(25)27/h11-14,16,21,23,26,30,40H,1,15,17H2,2-10H3,(H,43,44)/b19-14+/t21-,23-,26?,30?,38-,39-/m1/s1. The number of aromatic hydroxyl groups is 1. The molecule has 0 radical (unpaired) electrons. The zero-order valence-electron chi connectivity index (χ0n) is 29.1. The van der Waals surface area contributed by atoms with E-state index in [1.807, 2.05) is 66.7 Å². The lowest BCUT2D eigenvalue weighted by Gasteiger charge is -2.62. The molecule has 9 heteroatoms. The van der Waals surface area contributed by atoms with Gasteiger partial charge in [0.25, 0.3) is 0 Å². The van der Waals surface area contributed by atoms with Crippen molar-refractivity contribution < 1.29 is 43.5 Å². The molecule has 4 bridgehead atoms. The first-order valence-electron chi connectivity index (χ1n) is 16.6. The van der Waals surface area contributed by atoms with Gasteiger partial charge in [0.2, 0.25) is 0 Å². The molecular formula is C39H44O9. The summed E-state index contributed by atoms with van der Waals surface area (Å²) in [6, 6.07) is 5.97. The average Bonchev–Trinajstić information content (AvgIpc) is 3.14. The lowest BCUT2D eigenvalue weighted by atomic mass is 9.45. The molecule has 2 N–H and O–H groups in total. The predicted octanol–water partition coefficient (Wildman–Crippen LogP) is 6.59. The van der Waals surface area contributed by atoms with E-state index in [4.69, 9.17) is 18.9 Å². The van der Waals surface area contributed by atoms with Crippen LogP contribution >= 0.6 is 0 Å². The van der Waals surface area contributed by atoms with Crippen molar-refractivity contribution in [2.45, 2.75) is 102 Å². The number of methoxy groups -OCH3 is 1. The zero-order valence-corrected chi connectivity index (χ0v) is 29.1. The number of hydrogen-bond acceptors (Lipinski definition) is 8. The van der Waals surface area contributed by atoms with E-state index in [1.165, 1.54) is 20.1 Å². The molecule has 6 aliphatic rings. The summed E-state index contributed by atoms with van der Waals surface area (Å²) in [4.78, 5) is 42.0. The molecule has 4 fully saturated rings. The Morgan fingerprint density at radius 2 is 1.79 bits per heavy atom. The fraction of sp³-hybridized carbons (Fsp3) is 0.513. The fourth-order valence-corrected chi connectivity index (χ4v) is 9.62. The highest BCUT2D eigenvalue weighted by atomic mass is 16.6. The second kappa shape index (κ2) is 9.82. The van der Waals surface area contributed by atoms with Crippen LogP contribution in [0.2, 0.25) is 0 Å². The van der Waals surface area contributed by atoms with Crippen LogP contribution in [0.5, 0.6) is 17.2 Å². The number of fused-ring (bicyclic) bond motifs is 4. The summed E-state index contributed by atoms with van der Waals surface area (Å²) in [6.07, 6.45) is 2.65. The second-order valence-electron chi connectivity index (χ2n) is 15.8. The summed E-state index contributed by atoms with van der Waals surface area (Å²) in [5.74, 6) is -3.72. The second-order valence-corrected chi connectivity index (χ2v) is 15.8. The number of phenols is 1. The van der Waals surface area contributed by atoms with Gasteiger partial charge in [-0.2, -0.15) is 0 Å². The molecule has 3 aliphatic carbocycles. The summed E-state index contributed by atoms with van der Waals surface area (Å²) in [6.45, 7) is 19.1. The van der Waals surface area contributed by atoms with Crippen LogP contribution < -0.4 is 9.47 Å². The van der Waals surface area contributed by atoms with Crippen LogP contribution in [0.15, 0.2) is 42.5 Å². The van der Waals surface area contributed by atoms with Crippen molar-refractivity contribution in [3.63, 3.8) is 0 Å². The van der Waals surface area contributed by atoms with Crippen molar-refractivity contribution in [3.05, 3.63) is 64.8 Å². The Morgan fingerprint density at radius 1 is 1.12 bits per heavy atom. The number of carbonyl (C=O) groups is 3. The average molecular weight is 657 g/mol. The van der Waals surface area contributed by atoms with Crippen molar-refractivity contribution in [3.8, 4) is 28.4 Å². The van der Waals surface area contributed by atoms with Gasteiger partial charge in [0.1, 0.15) is 28.4 Å². The van der Waals surface area contributed by atoms with E-state index in [1.54, 1.807) is 6.08 Å². The summed E-state index contributed by atoms with van der Waals surface area (Å²) in [7, 11) is 1.48. The van der Waals surface area contributed by atoms with Gasteiger partial charge in [0, 0.05) is 47.5 Å². The number of carboxylic acids is 1. The molecule has 6 atom stereocenters. The molecule has 1 saturated heterocycles. The topological polar surface area (TPSA) is 129 Å². The Hall–Kier alpha value is -3.95. The third-order valence-corrected chi connectivity index (χ3v) is 11.9. The van der Waals surface area contributed by atoms with Crippen molar-refractivity contribution in [1.29, 1.82) is 0 Å². The number of Topliss-reactive ketones (excluding diaryl/α,β-unsaturated/α-hetero) is 2. The molecule has 3 aliphatic heterocycles. The molecule has 9 nitrogen and oxygen atoms in total. The van der Waals surface area contributed by atoms with Crippen LogP contribution in [0.4, 0.5) is 0 Å². The highest BCUT2D eigenvalue weighted by Gasteiger charge is 2.85. The van der Waals surface area contributed by atoms with Gasteiger partial charge in [-0.3, -0.25) is 9.59 Å². The van der Waals surface area contributed by atoms with E-state index in [2.05, 4.69) is 6.58 Å². The maximum absolute atomic E-state index is 15.3. The van der Waals surface area contributed by atoms with Crippen LogP contribution in [0.1, 0.15) is 88.4 Å². The van der Waals surface area contributed by atoms with E-state index < -0.39 is 63.4 Å². The molecule has 0 amide bonds. The summed E-state index contributed by atoms with van der Waals surface area (Å²) in [5.41, 5.74) is -2.26. The fourth-order valence-electron chi connectivity index (χ4n) is 9.62. The van der Waals surface area contributed by atoms with E-state index in [9.17, 15) is 19.8 Å². The third-order valence-electron chi connectivity index (χ3n) is 11.9. The normalized spacial score (nSPS) is 32.0. The number of rotatable bonds is 6. The summed E-state index contributed by atoms with van der Waals surface area (Å²) >= 11 is 0. The molecule has 3 heterocycles. The quantitative estimate of drug-likeness (QED) is 0.261. The Bertz CT molecular complexity index is 1880. The minimum atomic E-state index is -1.70. The molecule has 254 valence electrons. The Balaban J connectivity index is 1.60. The number of hydrogen-bond donors (Lipinski definition) is 2. The molecule has 2 aromatic rings. The van der Waals surface area contributed by atoms with Gasteiger partial charge in [0.15, 0.2) is 22.8 Å². The van der Waals surface area contributed by atoms with E-state index in [0.717, 1.165) is 16.7 Å². The van der Waals surface area contributed by atoms with Gasteiger partial charge in [-0.05, 0) is 53.5 Å². The molecule has 1 spiro atoms. The Labute approximate surface area is 280 Å². The minimum Gasteiger partial charge on any atom is -0.506 e. The molecule has 48 heavy (non-hydrogen) atoms. The highest BCUT2D eigenvalue weighted by Crippen LogP contribution is 2.71. The first kappa shape index (κ1) is 32.6. The predicted molar refractivity (Wildman–Crippen MR) is 178 cm³/mol. The van der Waals surface area contributed by atoms with Crippen LogP contribution in [-0.4, -0.2) is 57.8 Å². The minimum absolute atomic E-state index is 0.0109. The maximum Gasteiger partial charge on any atom is 0.330 e. The summed E-state index contributed by atoms with van der Waals surface area (Å²) < 4.78 is 27.0. The smallest absolute Gasteiger partial charge is 0.330 e. The van der Waals surface area contributed by atoms with Gasteiger partial charge >= 0.3 is 5.97 Å². The number of ketones is 2. The van der Waals surface area contributed by atoms with Crippen molar-refractivity contribution in [2.75, 3.05) is 7.11 Å². The summed E-state index contributed by atoms with van der Waals surface area (Å²) in [5, 5.41) is 22.1. The monoisotopic (exact) mass is 656 g/mol. The van der Waals surface area contributed by atoms with Crippen molar-refractivity contribution in [2.24, 2.45) is 17.8 Å². The zero-order chi connectivity index (χ0) is 35.1. The SMILES string of the molecule is C=CC(C)(C)c1c2c(c(O)c3c1OC(C)(C)c1ccc(C)cc1-3)C(=O)C1C(OC)[C@H]3C[C@@H]4C(C)(C)O[C@](C/C=C(\C)C(=O)O)(C3=O)[C@]14O2. The van der Waals surface area contributed by atoms with Crippen molar-refractivity contribution in [1.82, 2.24) is 0 Å². The lowest BCUT2D eigenvalue weighted by Crippen LogP contribution is -2.80. The van der Waals surface area contributed by atoms with Gasteiger partial charge in [-0.25, -0.2) is 4.79 Å². The Kier molecular flexibility index (Phi) is 6.67. The Morgan fingerprint density at radius 3 is 2.42 bits per heavy atom. The number of aliphatic carboxylic acids is 1. The molecule has 2 unspecified atom stereocenters. The van der Waals surface area contributed by atoms with E-state index in [-0.39, 0.29) is 34.8 Å². The highest BCUT2D eigenvalue weighted by molar-refractivity contribution is 6.11. The number of phenolic OH excluding ortho intramolecular Hbond substituents is 1. The largest absolute Gasteiger partial charge is 0.506 e. The lowest BCUT2D eigenvalue weighted by molar-refractivity contribution is -0.224. The van der Waals surface area contributed by atoms with Crippen molar-refractivity contribution >= 4 is 17.5 Å². The number of ether oxygens (including phenoxy) is 4. The number of allylic oxidation sites excluding steroid dienone is 1.